The minimum absolute atomic E-state index is 0.776. The Morgan fingerprint density at radius 1 is 1.44 bits per heavy atom. The number of imidazole rings is 1. The second kappa shape index (κ2) is 6.50. The number of hydrogen-bond acceptors (Lipinski definition) is 4. The van der Waals surface area contributed by atoms with E-state index >= 15 is 0 Å². The van der Waals surface area contributed by atoms with Crippen LogP contribution in [0.2, 0.25) is 0 Å². The van der Waals surface area contributed by atoms with Crippen molar-refractivity contribution in [2.75, 3.05) is 32.1 Å². The number of nitrogens with two attached hydrogens (primary N) is 1. The largest absolute Gasteiger partial charge is 0.348 e. The summed E-state index contributed by atoms with van der Waals surface area (Å²) in [6.45, 7) is 2.65. The average molecular weight is 225 g/mol. The number of nitrogens with zero attached hydrogens (tertiary/aromatic N) is 3. The van der Waals surface area contributed by atoms with Gasteiger partial charge in [0.2, 0.25) is 5.95 Å². The Hall–Kier alpha value is -1.07. The van der Waals surface area contributed by atoms with Crippen LogP contribution in [0.3, 0.4) is 0 Å². The molecule has 0 spiro atoms. The number of nitrogens with one attached hydrogen (secondary N) is 1. The second-order valence-electron chi connectivity index (χ2n) is 4.18. The number of unbranched alkanes of at least 4 members (excludes halogenated alkanes) is 1. The highest BCUT2D eigenvalue weighted by molar-refractivity contribution is 5.30. The molecule has 1 aromatic heterocycles. The van der Waals surface area contributed by atoms with E-state index in [4.69, 9.17) is 5.73 Å². The van der Waals surface area contributed by atoms with E-state index in [0.29, 0.717) is 0 Å². The lowest BCUT2D eigenvalue weighted by molar-refractivity contribution is 0.609. The first-order chi connectivity index (χ1) is 7.66. The van der Waals surface area contributed by atoms with Crippen LogP contribution in [0.4, 0.5) is 5.95 Å². The predicted molar refractivity (Wildman–Crippen MR) is 67.5 cm³/mol. The first kappa shape index (κ1) is 13.0. The van der Waals surface area contributed by atoms with E-state index in [2.05, 4.69) is 14.9 Å². The molecule has 0 amide bonds. The van der Waals surface area contributed by atoms with E-state index in [9.17, 15) is 0 Å². The number of anilines is 1. The minimum atomic E-state index is 0.776. The van der Waals surface area contributed by atoms with Crippen LogP contribution in [-0.2, 0) is 13.6 Å². The second-order valence-corrected chi connectivity index (χ2v) is 4.18. The molecule has 1 rings (SSSR count). The molecule has 0 saturated carbocycles. The maximum Gasteiger partial charge on any atom is 0.204 e. The van der Waals surface area contributed by atoms with Gasteiger partial charge in [0.05, 0.1) is 11.9 Å². The zero-order chi connectivity index (χ0) is 12.0. The molecule has 0 bridgehead atoms. The summed E-state index contributed by atoms with van der Waals surface area (Å²) in [7, 11) is 6.04. The van der Waals surface area contributed by atoms with Crippen LogP contribution in [0.15, 0.2) is 6.20 Å². The van der Waals surface area contributed by atoms with Crippen molar-refractivity contribution < 1.29 is 0 Å². The number of aromatic nitrogens is 2. The Bertz CT molecular complexity index is 305. The first-order valence-corrected chi connectivity index (χ1v) is 5.75. The van der Waals surface area contributed by atoms with E-state index in [0.717, 1.165) is 38.4 Å². The zero-order valence-corrected chi connectivity index (χ0v) is 10.5. The molecule has 5 heteroatoms. The monoisotopic (exact) mass is 225 g/mol. The van der Waals surface area contributed by atoms with Crippen LogP contribution in [0.1, 0.15) is 18.5 Å². The minimum Gasteiger partial charge on any atom is -0.348 e. The SMILES string of the molecule is CN(C)c1ncc(CNCCCCN)n1C. The molecule has 16 heavy (non-hydrogen) atoms. The van der Waals surface area contributed by atoms with Crippen molar-refractivity contribution in [2.45, 2.75) is 19.4 Å². The molecule has 0 aliphatic heterocycles. The van der Waals surface area contributed by atoms with Crippen LogP contribution in [0, 0.1) is 0 Å². The van der Waals surface area contributed by atoms with E-state index in [1.54, 1.807) is 0 Å². The Morgan fingerprint density at radius 2 is 2.19 bits per heavy atom. The van der Waals surface area contributed by atoms with Crippen molar-refractivity contribution in [2.24, 2.45) is 12.8 Å². The molecule has 0 radical (unpaired) electrons. The molecule has 0 atom stereocenters. The molecule has 0 aliphatic carbocycles. The van der Waals surface area contributed by atoms with Gasteiger partial charge in [0.25, 0.3) is 0 Å². The van der Waals surface area contributed by atoms with Crippen molar-refractivity contribution in [3.63, 3.8) is 0 Å². The van der Waals surface area contributed by atoms with Gasteiger partial charge in [-0.2, -0.15) is 0 Å². The van der Waals surface area contributed by atoms with Gasteiger partial charge >= 0.3 is 0 Å². The van der Waals surface area contributed by atoms with E-state index in [1.807, 2.05) is 32.2 Å². The average Bonchev–Trinajstić information content (AvgIpc) is 2.60. The van der Waals surface area contributed by atoms with Crippen molar-refractivity contribution in [3.8, 4) is 0 Å². The number of rotatable bonds is 7. The Balaban J connectivity index is 2.37. The van der Waals surface area contributed by atoms with Crippen LogP contribution in [0.5, 0.6) is 0 Å². The van der Waals surface area contributed by atoms with Crippen LogP contribution >= 0.6 is 0 Å². The fourth-order valence-electron chi connectivity index (χ4n) is 1.62. The van der Waals surface area contributed by atoms with Crippen LogP contribution in [0.25, 0.3) is 0 Å². The summed E-state index contributed by atoms with van der Waals surface area (Å²) in [5.41, 5.74) is 6.64. The van der Waals surface area contributed by atoms with Gasteiger partial charge < -0.3 is 20.5 Å². The van der Waals surface area contributed by atoms with Crippen molar-refractivity contribution in [1.82, 2.24) is 14.9 Å². The molecule has 0 fully saturated rings. The van der Waals surface area contributed by atoms with Gasteiger partial charge in [0, 0.05) is 27.7 Å². The molecular formula is C11H23N5. The molecule has 0 aliphatic rings. The quantitative estimate of drug-likeness (QED) is 0.656. The highest BCUT2D eigenvalue weighted by Gasteiger charge is 2.06. The number of hydrogen-bond donors (Lipinski definition) is 2. The summed E-state index contributed by atoms with van der Waals surface area (Å²) in [5.74, 6) is 0.985. The summed E-state index contributed by atoms with van der Waals surface area (Å²) in [4.78, 5) is 6.37. The summed E-state index contributed by atoms with van der Waals surface area (Å²) in [5, 5.41) is 3.39. The van der Waals surface area contributed by atoms with Gasteiger partial charge in [0.15, 0.2) is 0 Å². The van der Waals surface area contributed by atoms with E-state index in [-0.39, 0.29) is 0 Å². The molecule has 0 aromatic carbocycles. The van der Waals surface area contributed by atoms with Crippen molar-refractivity contribution >= 4 is 5.95 Å². The summed E-state index contributed by atoms with van der Waals surface area (Å²) in [6, 6.07) is 0. The Morgan fingerprint density at radius 3 is 2.75 bits per heavy atom. The Labute approximate surface area is 97.6 Å². The van der Waals surface area contributed by atoms with Gasteiger partial charge in [-0.1, -0.05) is 0 Å². The lowest BCUT2D eigenvalue weighted by atomic mass is 10.3. The van der Waals surface area contributed by atoms with E-state index in [1.165, 1.54) is 5.69 Å². The summed E-state index contributed by atoms with van der Waals surface area (Å²) >= 11 is 0. The molecule has 5 nitrogen and oxygen atoms in total. The molecule has 0 saturated heterocycles. The maximum absolute atomic E-state index is 5.44. The molecule has 1 heterocycles. The van der Waals surface area contributed by atoms with Gasteiger partial charge in [-0.15, -0.1) is 0 Å². The van der Waals surface area contributed by atoms with E-state index < -0.39 is 0 Å². The third kappa shape index (κ3) is 3.50. The Kier molecular flexibility index (Phi) is 5.28. The molecule has 1 aromatic rings. The summed E-state index contributed by atoms with van der Waals surface area (Å²) < 4.78 is 2.11. The first-order valence-electron chi connectivity index (χ1n) is 5.75. The third-order valence-electron chi connectivity index (χ3n) is 2.57. The topological polar surface area (TPSA) is 59.1 Å². The molecule has 92 valence electrons. The van der Waals surface area contributed by atoms with Gasteiger partial charge in [-0.3, -0.25) is 0 Å². The molecule has 0 unspecified atom stereocenters. The normalized spacial score (nSPS) is 10.8. The standard InChI is InChI=1S/C11H23N5/c1-15(2)11-14-9-10(16(11)3)8-13-7-5-4-6-12/h9,13H,4-8,12H2,1-3H3. The highest BCUT2D eigenvalue weighted by atomic mass is 15.3. The van der Waals surface area contributed by atoms with Gasteiger partial charge in [-0.05, 0) is 25.9 Å². The smallest absolute Gasteiger partial charge is 0.204 e. The van der Waals surface area contributed by atoms with Crippen LogP contribution in [-0.4, -0.2) is 36.7 Å². The highest BCUT2D eigenvalue weighted by Crippen LogP contribution is 2.10. The van der Waals surface area contributed by atoms with Crippen molar-refractivity contribution in [1.29, 1.82) is 0 Å². The zero-order valence-electron chi connectivity index (χ0n) is 10.5. The predicted octanol–water partition coefficient (Wildman–Crippen LogP) is 0.315. The fourth-order valence-corrected chi connectivity index (χ4v) is 1.62. The third-order valence-corrected chi connectivity index (χ3v) is 2.57. The fraction of sp³-hybridized carbons (Fsp3) is 0.727. The van der Waals surface area contributed by atoms with Crippen LogP contribution < -0.4 is 16.0 Å². The maximum atomic E-state index is 5.44. The van der Waals surface area contributed by atoms with Gasteiger partial charge in [-0.25, -0.2) is 4.98 Å². The lowest BCUT2D eigenvalue weighted by Crippen LogP contribution is -2.19. The van der Waals surface area contributed by atoms with Gasteiger partial charge in [0.1, 0.15) is 0 Å². The van der Waals surface area contributed by atoms with Crippen molar-refractivity contribution in [3.05, 3.63) is 11.9 Å². The molecule has 3 N–H and O–H groups in total. The molecular weight excluding hydrogens is 202 g/mol. The summed E-state index contributed by atoms with van der Waals surface area (Å²) in [6.07, 6.45) is 4.14. The lowest BCUT2D eigenvalue weighted by Gasteiger charge is -2.12.